The van der Waals surface area contributed by atoms with E-state index in [1.54, 1.807) is 0 Å². The zero-order valence-corrected chi connectivity index (χ0v) is 12.3. The zero-order valence-electron chi connectivity index (χ0n) is 11.5. The van der Waals surface area contributed by atoms with E-state index in [0.717, 1.165) is 0 Å². The van der Waals surface area contributed by atoms with Crippen molar-refractivity contribution in [2.45, 2.75) is 23.3 Å². The fourth-order valence-electron chi connectivity index (χ4n) is 1.83. The average molecular weight is 322 g/mol. The third-order valence-corrected chi connectivity index (χ3v) is 4.68. The van der Waals surface area contributed by atoms with Crippen molar-refractivity contribution in [2.24, 2.45) is 0 Å². The molecule has 0 aromatic heterocycles. The number of hydrogen-bond acceptors (Lipinski definition) is 4. The highest BCUT2D eigenvalue weighted by Gasteiger charge is 2.51. The molecule has 3 N–H and O–H groups in total. The number of hydrogen-bond donors (Lipinski definition) is 3. The van der Waals surface area contributed by atoms with E-state index in [0.29, 0.717) is 12.8 Å². The number of carboxylic acid groups (broad SMARTS) is 1. The maximum atomic E-state index is 12.1. The standard InChI is InChI=1S/C14H14N2O5S/c1-2-8-15-22(20,21)11-5-3-4-10(9-11)12(17)16-14(6-7-14)13(18)19/h1,3-5,9,15H,6-8H2,(H,16,17)(H,18,19). The van der Waals surface area contributed by atoms with Crippen molar-refractivity contribution < 1.29 is 23.1 Å². The van der Waals surface area contributed by atoms with E-state index in [4.69, 9.17) is 11.5 Å². The first-order valence-corrected chi connectivity index (χ1v) is 7.88. The van der Waals surface area contributed by atoms with Crippen LogP contribution in [0.5, 0.6) is 0 Å². The molecular formula is C14H14N2O5S. The Labute approximate surface area is 127 Å². The number of sulfonamides is 1. The summed E-state index contributed by atoms with van der Waals surface area (Å²) in [6.07, 6.45) is 5.71. The van der Waals surface area contributed by atoms with Crippen LogP contribution in [0.2, 0.25) is 0 Å². The molecule has 2 rings (SSSR count). The van der Waals surface area contributed by atoms with E-state index in [-0.39, 0.29) is 17.0 Å². The van der Waals surface area contributed by atoms with Crippen LogP contribution in [0, 0.1) is 12.3 Å². The van der Waals surface area contributed by atoms with Crippen LogP contribution in [0.25, 0.3) is 0 Å². The zero-order chi connectivity index (χ0) is 16.4. The van der Waals surface area contributed by atoms with Gasteiger partial charge in [-0.3, -0.25) is 4.79 Å². The summed E-state index contributed by atoms with van der Waals surface area (Å²) >= 11 is 0. The Kier molecular flexibility index (Phi) is 4.21. The van der Waals surface area contributed by atoms with Gasteiger partial charge in [0.05, 0.1) is 11.4 Å². The maximum Gasteiger partial charge on any atom is 0.329 e. The van der Waals surface area contributed by atoms with E-state index in [1.807, 2.05) is 0 Å². The van der Waals surface area contributed by atoms with Gasteiger partial charge in [-0.15, -0.1) is 6.42 Å². The van der Waals surface area contributed by atoms with Gasteiger partial charge in [0.2, 0.25) is 10.0 Å². The van der Waals surface area contributed by atoms with Crippen molar-refractivity contribution in [1.82, 2.24) is 10.0 Å². The van der Waals surface area contributed by atoms with Crippen LogP contribution in [0.4, 0.5) is 0 Å². The monoisotopic (exact) mass is 322 g/mol. The second-order valence-corrected chi connectivity index (χ2v) is 6.66. The Bertz CT molecular complexity index is 760. The molecule has 22 heavy (non-hydrogen) atoms. The second-order valence-electron chi connectivity index (χ2n) is 4.90. The molecule has 8 heteroatoms. The van der Waals surface area contributed by atoms with Crippen molar-refractivity contribution in [2.75, 3.05) is 6.54 Å². The molecule has 1 aromatic rings. The van der Waals surface area contributed by atoms with Gasteiger partial charge in [-0.1, -0.05) is 12.0 Å². The normalized spacial score (nSPS) is 15.6. The predicted molar refractivity (Wildman–Crippen MR) is 77.5 cm³/mol. The number of nitrogens with one attached hydrogen (secondary N) is 2. The van der Waals surface area contributed by atoms with Crippen molar-refractivity contribution in [3.05, 3.63) is 29.8 Å². The number of benzene rings is 1. The van der Waals surface area contributed by atoms with E-state index in [1.165, 1.54) is 24.3 Å². The number of rotatable bonds is 6. The molecule has 0 radical (unpaired) electrons. The predicted octanol–water partition coefficient (Wildman–Crippen LogP) is -0.0549. The molecule has 0 unspecified atom stereocenters. The first kappa shape index (κ1) is 16.0. The number of carbonyl (C=O) groups excluding carboxylic acids is 1. The SMILES string of the molecule is C#CCNS(=O)(=O)c1cccc(C(=O)NC2(C(=O)O)CC2)c1. The van der Waals surface area contributed by atoms with Gasteiger partial charge in [0.15, 0.2) is 0 Å². The number of amides is 1. The van der Waals surface area contributed by atoms with Crippen molar-refractivity contribution in [3.63, 3.8) is 0 Å². The molecule has 1 amide bonds. The lowest BCUT2D eigenvalue weighted by Gasteiger charge is -2.13. The summed E-state index contributed by atoms with van der Waals surface area (Å²) < 4.78 is 26.1. The summed E-state index contributed by atoms with van der Waals surface area (Å²) in [6.45, 7) is -0.166. The molecule has 1 aromatic carbocycles. The maximum absolute atomic E-state index is 12.1. The summed E-state index contributed by atoms with van der Waals surface area (Å²) in [5.74, 6) is 0.420. The topological polar surface area (TPSA) is 113 Å². The van der Waals surface area contributed by atoms with E-state index < -0.39 is 27.4 Å². The molecule has 0 bridgehead atoms. The van der Waals surface area contributed by atoms with Crippen LogP contribution >= 0.6 is 0 Å². The molecule has 1 aliphatic rings. The van der Waals surface area contributed by atoms with Crippen LogP contribution < -0.4 is 10.0 Å². The Balaban J connectivity index is 2.20. The minimum Gasteiger partial charge on any atom is -0.480 e. The minimum absolute atomic E-state index is 0.0658. The van der Waals surface area contributed by atoms with Crippen LogP contribution in [0.1, 0.15) is 23.2 Å². The molecule has 7 nitrogen and oxygen atoms in total. The van der Waals surface area contributed by atoms with Gasteiger partial charge in [0, 0.05) is 5.56 Å². The molecule has 0 heterocycles. The Hall–Kier alpha value is -2.37. The second kappa shape index (κ2) is 5.79. The lowest BCUT2D eigenvalue weighted by Crippen LogP contribution is -2.43. The molecule has 116 valence electrons. The highest BCUT2D eigenvalue weighted by atomic mass is 32.2. The van der Waals surface area contributed by atoms with Gasteiger partial charge < -0.3 is 10.4 Å². The molecule has 1 saturated carbocycles. The number of terminal acetylenes is 1. The Morgan fingerprint density at radius 3 is 2.59 bits per heavy atom. The van der Waals surface area contributed by atoms with Crippen molar-refractivity contribution in [1.29, 1.82) is 0 Å². The fraction of sp³-hybridized carbons (Fsp3) is 0.286. The smallest absolute Gasteiger partial charge is 0.329 e. The summed E-state index contributed by atoms with van der Waals surface area (Å²) in [4.78, 5) is 23.0. The number of carboxylic acids is 1. The van der Waals surface area contributed by atoms with Gasteiger partial charge in [0.25, 0.3) is 5.91 Å². The third kappa shape index (κ3) is 3.27. The highest BCUT2D eigenvalue weighted by molar-refractivity contribution is 7.89. The van der Waals surface area contributed by atoms with Gasteiger partial charge in [-0.2, -0.15) is 4.72 Å². The largest absolute Gasteiger partial charge is 0.480 e. The molecule has 0 atom stereocenters. The molecule has 1 fully saturated rings. The van der Waals surface area contributed by atoms with Crippen molar-refractivity contribution >= 4 is 21.9 Å². The molecular weight excluding hydrogens is 308 g/mol. The highest BCUT2D eigenvalue weighted by Crippen LogP contribution is 2.35. The van der Waals surface area contributed by atoms with Crippen LogP contribution in [-0.4, -0.2) is 37.5 Å². The van der Waals surface area contributed by atoms with Crippen LogP contribution in [0.3, 0.4) is 0 Å². The minimum atomic E-state index is -3.81. The quantitative estimate of drug-likeness (QED) is 0.635. The molecule has 1 aliphatic carbocycles. The molecule has 0 aliphatic heterocycles. The van der Waals surface area contributed by atoms with Gasteiger partial charge >= 0.3 is 5.97 Å². The third-order valence-electron chi connectivity index (χ3n) is 3.28. The summed E-state index contributed by atoms with van der Waals surface area (Å²) in [5, 5.41) is 11.5. The van der Waals surface area contributed by atoms with E-state index >= 15 is 0 Å². The Morgan fingerprint density at radius 1 is 1.36 bits per heavy atom. The van der Waals surface area contributed by atoms with E-state index in [2.05, 4.69) is 16.0 Å². The van der Waals surface area contributed by atoms with Gasteiger partial charge in [-0.05, 0) is 31.0 Å². The summed E-state index contributed by atoms with van der Waals surface area (Å²) in [7, 11) is -3.81. The average Bonchev–Trinajstić information content (AvgIpc) is 3.26. The van der Waals surface area contributed by atoms with Gasteiger partial charge in [-0.25, -0.2) is 13.2 Å². The first-order chi connectivity index (χ1) is 10.3. The number of carbonyl (C=O) groups is 2. The Morgan fingerprint density at radius 2 is 2.05 bits per heavy atom. The summed E-state index contributed by atoms with van der Waals surface area (Å²) in [5.41, 5.74) is -1.16. The van der Waals surface area contributed by atoms with E-state index in [9.17, 15) is 18.0 Å². The lowest BCUT2D eigenvalue weighted by atomic mass is 10.2. The lowest BCUT2D eigenvalue weighted by molar-refractivity contribution is -0.140. The fourth-order valence-corrected chi connectivity index (χ4v) is 2.81. The first-order valence-electron chi connectivity index (χ1n) is 6.40. The van der Waals surface area contributed by atoms with Gasteiger partial charge in [0.1, 0.15) is 5.54 Å². The van der Waals surface area contributed by atoms with Crippen LogP contribution in [-0.2, 0) is 14.8 Å². The van der Waals surface area contributed by atoms with Crippen LogP contribution in [0.15, 0.2) is 29.2 Å². The molecule has 0 spiro atoms. The summed E-state index contributed by atoms with van der Waals surface area (Å²) in [6, 6.07) is 5.30. The number of aliphatic carboxylic acids is 1. The molecule has 0 saturated heterocycles. The van der Waals surface area contributed by atoms with Crippen molar-refractivity contribution in [3.8, 4) is 12.3 Å².